The number of carbonyl (C=O) groups excluding carboxylic acids is 1. The standard InChI is InChI=1S/C17H16BrNO3/c1-2-14(11-6-8-12(18)9-7-11)19-17(20)13-4-3-5-15-16(13)22-10-21-15/h3-9,14H,2,10H2,1H3,(H,19,20). The summed E-state index contributed by atoms with van der Waals surface area (Å²) in [6.45, 7) is 2.20. The maximum absolute atomic E-state index is 12.6. The topological polar surface area (TPSA) is 47.6 Å². The Morgan fingerprint density at radius 1 is 1.23 bits per heavy atom. The summed E-state index contributed by atoms with van der Waals surface area (Å²) in [5.41, 5.74) is 1.58. The van der Waals surface area contributed by atoms with Crippen molar-refractivity contribution in [1.29, 1.82) is 0 Å². The van der Waals surface area contributed by atoms with Crippen LogP contribution in [0.4, 0.5) is 0 Å². The van der Waals surface area contributed by atoms with E-state index in [1.807, 2.05) is 31.2 Å². The Morgan fingerprint density at radius 2 is 2.00 bits per heavy atom. The van der Waals surface area contributed by atoms with Gasteiger partial charge in [-0.05, 0) is 36.2 Å². The molecule has 0 aromatic heterocycles. The third-order valence-electron chi connectivity index (χ3n) is 3.63. The van der Waals surface area contributed by atoms with Gasteiger partial charge in [-0.25, -0.2) is 0 Å². The van der Waals surface area contributed by atoms with Crippen molar-refractivity contribution in [2.24, 2.45) is 0 Å². The molecule has 0 aliphatic carbocycles. The van der Waals surface area contributed by atoms with Crippen molar-refractivity contribution in [3.05, 3.63) is 58.1 Å². The van der Waals surface area contributed by atoms with Crippen LogP contribution in [0.3, 0.4) is 0 Å². The third-order valence-corrected chi connectivity index (χ3v) is 4.16. The summed E-state index contributed by atoms with van der Waals surface area (Å²) in [6, 6.07) is 13.3. The van der Waals surface area contributed by atoms with Gasteiger partial charge in [-0.3, -0.25) is 4.79 Å². The van der Waals surface area contributed by atoms with Gasteiger partial charge in [0.25, 0.3) is 5.91 Å². The average molecular weight is 362 g/mol. The molecule has 0 spiro atoms. The van der Waals surface area contributed by atoms with Crippen molar-refractivity contribution in [2.75, 3.05) is 6.79 Å². The maximum atomic E-state index is 12.6. The normalized spacial score (nSPS) is 13.7. The second kappa shape index (κ2) is 6.40. The first-order valence-corrected chi connectivity index (χ1v) is 7.93. The molecule has 1 aliphatic heterocycles. The number of fused-ring (bicyclic) bond motifs is 1. The Balaban J connectivity index is 1.81. The van der Waals surface area contributed by atoms with Crippen LogP contribution in [-0.2, 0) is 0 Å². The number of ether oxygens (including phenoxy) is 2. The molecule has 22 heavy (non-hydrogen) atoms. The van der Waals surface area contributed by atoms with Gasteiger partial charge in [-0.2, -0.15) is 0 Å². The highest BCUT2D eigenvalue weighted by Gasteiger charge is 2.23. The molecule has 0 saturated carbocycles. The van der Waals surface area contributed by atoms with E-state index < -0.39 is 0 Å². The summed E-state index contributed by atoms with van der Waals surface area (Å²) >= 11 is 3.42. The van der Waals surface area contributed by atoms with Crippen molar-refractivity contribution in [2.45, 2.75) is 19.4 Å². The fraction of sp³-hybridized carbons (Fsp3) is 0.235. The summed E-state index contributed by atoms with van der Waals surface area (Å²) in [7, 11) is 0. The molecule has 114 valence electrons. The predicted octanol–water partition coefficient (Wildman–Crippen LogP) is 4.06. The molecule has 2 aromatic rings. The fourth-order valence-corrected chi connectivity index (χ4v) is 2.73. The molecule has 1 unspecified atom stereocenters. The molecule has 1 heterocycles. The molecule has 3 rings (SSSR count). The number of rotatable bonds is 4. The van der Waals surface area contributed by atoms with Crippen molar-refractivity contribution in [3.63, 3.8) is 0 Å². The number of halogens is 1. The smallest absolute Gasteiger partial charge is 0.255 e. The number of benzene rings is 2. The van der Waals surface area contributed by atoms with Crippen LogP contribution in [0.25, 0.3) is 0 Å². The van der Waals surface area contributed by atoms with E-state index in [4.69, 9.17) is 9.47 Å². The molecule has 1 amide bonds. The SMILES string of the molecule is CCC(NC(=O)c1cccc2c1OCO2)c1ccc(Br)cc1. The second-order valence-electron chi connectivity index (χ2n) is 5.03. The largest absolute Gasteiger partial charge is 0.454 e. The van der Waals surface area contributed by atoms with Crippen molar-refractivity contribution in [1.82, 2.24) is 5.32 Å². The van der Waals surface area contributed by atoms with Crippen LogP contribution in [0.2, 0.25) is 0 Å². The van der Waals surface area contributed by atoms with Crippen LogP contribution < -0.4 is 14.8 Å². The quantitative estimate of drug-likeness (QED) is 0.892. The molecular formula is C17H16BrNO3. The van der Waals surface area contributed by atoms with E-state index in [1.54, 1.807) is 18.2 Å². The maximum Gasteiger partial charge on any atom is 0.255 e. The second-order valence-corrected chi connectivity index (χ2v) is 5.94. The lowest BCUT2D eigenvalue weighted by Gasteiger charge is -2.18. The molecule has 0 bridgehead atoms. The lowest BCUT2D eigenvalue weighted by molar-refractivity contribution is 0.0931. The highest BCUT2D eigenvalue weighted by Crippen LogP contribution is 2.35. The average Bonchev–Trinajstić information content (AvgIpc) is 3.01. The summed E-state index contributed by atoms with van der Waals surface area (Å²) in [4.78, 5) is 12.6. The zero-order chi connectivity index (χ0) is 15.5. The van der Waals surface area contributed by atoms with Gasteiger partial charge in [0, 0.05) is 4.47 Å². The van der Waals surface area contributed by atoms with Gasteiger partial charge in [0.15, 0.2) is 11.5 Å². The highest BCUT2D eigenvalue weighted by atomic mass is 79.9. The number of amides is 1. The van der Waals surface area contributed by atoms with E-state index in [9.17, 15) is 4.79 Å². The van der Waals surface area contributed by atoms with Gasteiger partial charge >= 0.3 is 0 Å². The van der Waals surface area contributed by atoms with Crippen LogP contribution in [0.1, 0.15) is 35.3 Å². The number of para-hydroxylation sites is 1. The van der Waals surface area contributed by atoms with Crippen LogP contribution in [0.5, 0.6) is 11.5 Å². The van der Waals surface area contributed by atoms with Crippen LogP contribution >= 0.6 is 15.9 Å². The molecule has 1 N–H and O–H groups in total. The van der Waals surface area contributed by atoms with E-state index in [-0.39, 0.29) is 18.7 Å². The highest BCUT2D eigenvalue weighted by molar-refractivity contribution is 9.10. The Bertz CT molecular complexity index is 685. The molecule has 0 saturated heterocycles. The van der Waals surface area contributed by atoms with E-state index >= 15 is 0 Å². The van der Waals surface area contributed by atoms with Crippen LogP contribution in [0.15, 0.2) is 46.9 Å². The van der Waals surface area contributed by atoms with Crippen LogP contribution in [0, 0.1) is 0 Å². The van der Waals surface area contributed by atoms with Crippen molar-refractivity contribution < 1.29 is 14.3 Å². The lowest BCUT2D eigenvalue weighted by atomic mass is 10.0. The van der Waals surface area contributed by atoms with E-state index in [0.717, 1.165) is 16.5 Å². The zero-order valence-corrected chi connectivity index (χ0v) is 13.7. The van der Waals surface area contributed by atoms with E-state index in [2.05, 4.69) is 21.2 Å². The number of hydrogen-bond donors (Lipinski definition) is 1. The first-order valence-electron chi connectivity index (χ1n) is 7.14. The molecule has 5 heteroatoms. The van der Waals surface area contributed by atoms with Crippen LogP contribution in [-0.4, -0.2) is 12.7 Å². The predicted molar refractivity (Wildman–Crippen MR) is 87.2 cm³/mol. The van der Waals surface area contributed by atoms with Gasteiger partial charge in [-0.1, -0.05) is 41.1 Å². The molecular weight excluding hydrogens is 346 g/mol. The summed E-state index contributed by atoms with van der Waals surface area (Å²) in [5.74, 6) is 0.979. The minimum Gasteiger partial charge on any atom is -0.454 e. The zero-order valence-electron chi connectivity index (χ0n) is 12.1. The molecule has 2 aromatic carbocycles. The summed E-state index contributed by atoms with van der Waals surface area (Å²) < 4.78 is 11.7. The van der Waals surface area contributed by atoms with Gasteiger partial charge in [-0.15, -0.1) is 0 Å². The first kappa shape index (κ1) is 14.9. The minimum absolute atomic E-state index is 0.0428. The monoisotopic (exact) mass is 361 g/mol. The van der Waals surface area contributed by atoms with E-state index in [1.165, 1.54) is 0 Å². The van der Waals surface area contributed by atoms with Crippen molar-refractivity contribution >= 4 is 21.8 Å². The summed E-state index contributed by atoms with van der Waals surface area (Å²) in [6.07, 6.45) is 0.805. The Hall–Kier alpha value is -2.01. The summed E-state index contributed by atoms with van der Waals surface area (Å²) in [5, 5.41) is 3.06. The lowest BCUT2D eigenvalue weighted by Crippen LogP contribution is -2.28. The van der Waals surface area contributed by atoms with Gasteiger partial charge in [0.05, 0.1) is 11.6 Å². The Morgan fingerprint density at radius 3 is 2.73 bits per heavy atom. The minimum atomic E-state index is -0.155. The van der Waals surface area contributed by atoms with E-state index in [0.29, 0.717) is 17.1 Å². The third kappa shape index (κ3) is 2.95. The van der Waals surface area contributed by atoms with Crippen molar-refractivity contribution in [3.8, 4) is 11.5 Å². The first-order chi connectivity index (χ1) is 10.7. The Labute approximate surface area is 137 Å². The number of carbonyl (C=O) groups is 1. The molecule has 0 fully saturated rings. The van der Waals surface area contributed by atoms with Gasteiger partial charge in [0.2, 0.25) is 6.79 Å². The molecule has 0 radical (unpaired) electrons. The Kier molecular flexibility index (Phi) is 4.34. The molecule has 4 nitrogen and oxygen atoms in total. The van der Waals surface area contributed by atoms with Gasteiger partial charge in [0.1, 0.15) is 0 Å². The molecule has 1 atom stereocenters. The fourth-order valence-electron chi connectivity index (χ4n) is 2.46. The molecule has 1 aliphatic rings. The van der Waals surface area contributed by atoms with Gasteiger partial charge < -0.3 is 14.8 Å². The number of nitrogens with one attached hydrogen (secondary N) is 1. The number of hydrogen-bond acceptors (Lipinski definition) is 3.